The summed E-state index contributed by atoms with van der Waals surface area (Å²) >= 11 is 0. The Balaban J connectivity index is 4.15. The first kappa shape index (κ1) is 59.7. The van der Waals surface area contributed by atoms with Crippen LogP contribution < -0.4 is 4.89 Å². The van der Waals surface area contributed by atoms with Crippen LogP contribution in [-0.2, 0) is 32.7 Å². The normalized spacial score (nSPS) is 14.4. The number of phosphoric ester groups is 1. The number of phosphoric acid groups is 1. The van der Waals surface area contributed by atoms with Gasteiger partial charge in [-0.15, -0.1) is 0 Å². The smallest absolute Gasteiger partial charge is 0.306 e. The average molecular weight is 898 g/mol. The zero-order chi connectivity index (χ0) is 46.4. The van der Waals surface area contributed by atoms with Gasteiger partial charge in [0.1, 0.15) is 19.8 Å². The lowest BCUT2D eigenvalue weighted by Crippen LogP contribution is -2.37. The molecule has 2 atom stereocenters. The van der Waals surface area contributed by atoms with Gasteiger partial charge < -0.3 is 27.9 Å². The summed E-state index contributed by atoms with van der Waals surface area (Å²) in [4.78, 5) is 37.3. The third-order valence-corrected chi connectivity index (χ3v) is 10.5. The summed E-state index contributed by atoms with van der Waals surface area (Å²) in [6.07, 6.45) is 60.2. The van der Waals surface area contributed by atoms with Gasteiger partial charge in [0.05, 0.1) is 27.7 Å². The monoisotopic (exact) mass is 898 g/mol. The van der Waals surface area contributed by atoms with Crippen LogP contribution in [0.4, 0.5) is 0 Å². The summed E-state index contributed by atoms with van der Waals surface area (Å²) in [6, 6.07) is 0. The molecule has 0 saturated carbocycles. The largest absolute Gasteiger partial charge is 0.756 e. The van der Waals surface area contributed by atoms with Gasteiger partial charge in [-0.25, -0.2) is 0 Å². The van der Waals surface area contributed by atoms with Gasteiger partial charge in [-0.3, -0.25) is 14.2 Å². The maximum absolute atomic E-state index is 12.6. The highest BCUT2D eigenvalue weighted by molar-refractivity contribution is 7.45. The first-order valence-electron chi connectivity index (χ1n) is 24.1. The van der Waals surface area contributed by atoms with Crippen LogP contribution in [0.2, 0.25) is 0 Å². The molecule has 0 fully saturated rings. The van der Waals surface area contributed by atoms with Crippen LogP contribution in [0.25, 0.3) is 0 Å². The Labute approximate surface area is 385 Å². The van der Waals surface area contributed by atoms with E-state index < -0.39 is 32.5 Å². The number of esters is 2. The Morgan fingerprint density at radius 1 is 0.508 bits per heavy atom. The maximum Gasteiger partial charge on any atom is 0.306 e. The molecule has 0 spiro atoms. The van der Waals surface area contributed by atoms with Crippen molar-refractivity contribution < 1.29 is 42.1 Å². The maximum atomic E-state index is 12.6. The van der Waals surface area contributed by atoms with Crippen LogP contribution in [-0.4, -0.2) is 70.0 Å². The van der Waals surface area contributed by atoms with Crippen molar-refractivity contribution in [1.29, 1.82) is 0 Å². The molecule has 0 saturated heterocycles. The van der Waals surface area contributed by atoms with Gasteiger partial charge in [-0.2, -0.15) is 0 Å². The number of nitrogens with zero attached hydrogens (tertiary/aromatic N) is 1. The highest BCUT2D eigenvalue weighted by atomic mass is 31.2. The molecular formula is C53H88NO8P. The summed E-state index contributed by atoms with van der Waals surface area (Å²) in [5.74, 6) is -0.877. The van der Waals surface area contributed by atoms with Crippen molar-refractivity contribution in [3.63, 3.8) is 0 Å². The predicted molar refractivity (Wildman–Crippen MR) is 263 cm³/mol. The Bertz CT molecular complexity index is 1430. The second kappa shape index (κ2) is 43.9. The van der Waals surface area contributed by atoms with E-state index in [2.05, 4.69) is 123 Å². The zero-order valence-electron chi connectivity index (χ0n) is 40.2. The highest BCUT2D eigenvalue weighted by Gasteiger charge is 2.21. The van der Waals surface area contributed by atoms with Crippen molar-refractivity contribution in [3.05, 3.63) is 109 Å². The molecule has 0 aromatic rings. The molecule has 0 aliphatic heterocycles. The molecule has 358 valence electrons. The van der Waals surface area contributed by atoms with Crippen LogP contribution >= 0.6 is 7.82 Å². The number of unbranched alkanes of at least 4 members (excludes halogenated alkanes) is 10. The fourth-order valence-corrected chi connectivity index (χ4v) is 6.55. The van der Waals surface area contributed by atoms with E-state index in [9.17, 15) is 19.0 Å². The number of allylic oxidation sites excluding steroid dienone is 18. The summed E-state index contributed by atoms with van der Waals surface area (Å²) < 4.78 is 33.7. The van der Waals surface area contributed by atoms with Gasteiger partial charge in [-0.05, 0) is 83.5 Å². The Morgan fingerprint density at radius 3 is 1.35 bits per heavy atom. The number of likely N-dealkylation sites (N-methyl/N-ethyl adjacent to an activating group) is 1. The SMILES string of the molecule is CC/C=C\C/C=C\C/C=C\C/C=C\C/C=C\C/C=C\C/C=C\C/C=C\C/C=C\CCCCCCCC(=O)OC(COC(=O)CCCCCCCC)COP(=O)([O-])OCC[N+](C)(C)C. The minimum absolute atomic E-state index is 0.0403. The Morgan fingerprint density at radius 2 is 0.905 bits per heavy atom. The lowest BCUT2D eigenvalue weighted by Gasteiger charge is -2.28. The molecule has 0 aliphatic carbocycles. The number of quaternary nitrogens is 1. The van der Waals surface area contributed by atoms with E-state index in [-0.39, 0.29) is 26.1 Å². The number of ether oxygens (including phenoxy) is 2. The first-order chi connectivity index (χ1) is 30.5. The van der Waals surface area contributed by atoms with Crippen molar-refractivity contribution in [2.75, 3.05) is 47.5 Å². The molecule has 2 unspecified atom stereocenters. The first-order valence-corrected chi connectivity index (χ1v) is 25.6. The van der Waals surface area contributed by atoms with E-state index in [0.717, 1.165) is 122 Å². The molecule has 0 radical (unpaired) electrons. The molecule has 0 heterocycles. The minimum Gasteiger partial charge on any atom is -0.756 e. The Hall–Kier alpha value is -3.33. The van der Waals surface area contributed by atoms with E-state index in [1.165, 1.54) is 6.42 Å². The van der Waals surface area contributed by atoms with E-state index >= 15 is 0 Å². The van der Waals surface area contributed by atoms with Crippen LogP contribution in [0, 0.1) is 0 Å². The topological polar surface area (TPSA) is 111 Å². The molecule has 63 heavy (non-hydrogen) atoms. The summed E-state index contributed by atoms with van der Waals surface area (Å²) in [7, 11) is 1.13. The van der Waals surface area contributed by atoms with Crippen molar-refractivity contribution in [2.45, 2.75) is 168 Å². The van der Waals surface area contributed by atoms with Gasteiger partial charge in [0, 0.05) is 12.8 Å². The van der Waals surface area contributed by atoms with Gasteiger partial charge in [0.25, 0.3) is 7.82 Å². The van der Waals surface area contributed by atoms with Crippen LogP contribution in [0.1, 0.15) is 162 Å². The minimum atomic E-state index is -4.63. The predicted octanol–water partition coefficient (Wildman–Crippen LogP) is 13.7. The van der Waals surface area contributed by atoms with E-state index in [1.54, 1.807) is 0 Å². The van der Waals surface area contributed by atoms with Gasteiger partial charge in [0.2, 0.25) is 0 Å². The average Bonchev–Trinajstić information content (AvgIpc) is 3.24. The molecule has 0 amide bonds. The summed E-state index contributed by atoms with van der Waals surface area (Å²) in [5.41, 5.74) is 0. The lowest BCUT2D eigenvalue weighted by atomic mass is 10.1. The molecule has 0 aromatic heterocycles. The number of rotatable bonds is 42. The van der Waals surface area contributed by atoms with Crippen molar-refractivity contribution in [3.8, 4) is 0 Å². The fourth-order valence-electron chi connectivity index (χ4n) is 5.82. The zero-order valence-corrected chi connectivity index (χ0v) is 41.1. The number of hydrogen-bond donors (Lipinski definition) is 0. The number of carbonyl (C=O) groups excluding carboxylic acids is 2. The van der Waals surface area contributed by atoms with Crippen molar-refractivity contribution in [1.82, 2.24) is 0 Å². The fraction of sp³-hybridized carbons (Fsp3) is 0.623. The molecule has 0 aromatic carbocycles. The summed E-state index contributed by atoms with van der Waals surface area (Å²) in [6.45, 7) is 3.99. The van der Waals surface area contributed by atoms with E-state index in [0.29, 0.717) is 17.4 Å². The molecular weight excluding hydrogens is 810 g/mol. The highest BCUT2D eigenvalue weighted by Crippen LogP contribution is 2.38. The third kappa shape index (κ3) is 48.0. The van der Waals surface area contributed by atoms with E-state index in [1.807, 2.05) is 21.1 Å². The second-order valence-corrected chi connectivity index (χ2v) is 18.2. The molecule has 0 N–H and O–H groups in total. The Kier molecular flexibility index (Phi) is 41.6. The third-order valence-electron chi connectivity index (χ3n) is 9.56. The number of carbonyl (C=O) groups is 2. The molecule has 0 bridgehead atoms. The van der Waals surface area contributed by atoms with Crippen LogP contribution in [0.15, 0.2) is 109 Å². The van der Waals surface area contributed by atoms with Gasteiger partial charge >= 0.3 is 11.9 Å². The molecule has 10 heteroatoms. The van der Waals surface area contributed by atoms with Gasteiger partial charge in [0.15, 0.2) is 6.10 Å². The molecule has 0 aliphatic rings. The van der Waals surface area contributed by atoms with Crippen molar-refractivity contribution >= 4 is 19.8 Å². The molecule has 9 nitrogen and oxygen atoms in total. The van der Waals surface area contributed by atoms with Crippen LogP contribution in [0.5, 0.6) is 0 Å². The van der Waals surface area contributed by atoms with E-state index in [4.69, 9.17) is 18.5 Å². The molecule has 0 rings (SSSR count). The quantitative estimate of drug-likeness (QED) is 0.0196. The number of hydrogen-bond acceptors (Lipinski definition) is 8. The van der Waals surface area contributed by atoms with Crippen molar-refractivity contribution in [2.24, 2.45) is 0 Å². The van der Waals surface area contributed by atoms with Crippen LogP contribution in [0.3, 0.4) is 0 Å². The standard InChI is InChI=1S/C53H88NO8P/c1-6-8-10-12-14-15-16-17-18-19-20-21-22-23-24-25-26-27-28-29-30-31-32-33-34-35-36-37-38-39-40-42-44-46-53(56)62-51(49-59-52(55)45-43-41-13-11-9-7-2)50-61-63(57,58)60-48-47-54(3,4)5/h8,10,14-15,17-18,20-21,23-24,26-27,29-30,32-33,35-36,51H,6-7,9,11-13,16,19,22,25,28,31,34,37-50H2,1-5H3/b10-8-,15-14-,18-17-,21-20-,24-23-,27-26-,30-29-,33-32-,36-35-. The lowest BCUT2D eigenvalue weighted by molar-refractivity contribution is -0.870. The second-order valence-electron chi connectivity index (χ2n) is 16.7. The summed E-state index contributed by atoms with van der Waals surface area (Å²) in [5, 5.41) is 0. The van der Waals surface area contributed by atoms with Gasteiger partial charge in [-0.1, -0.05) is 175 Å².